The van der Waals surface area contributed by atoms with E-state index < -0.39 is 0 Å². The Balaban J connectivity index is 1.23. The van der Waals surface area contributed by atoms with E-state index in [1.54, 1.807) is 0 Å². The molecule has 0 spiro atoms. The van der Waals surface area contributed by atoms with Crippen molar-refractivity contribution in [1.82, 2.24) is 9.13 Å². The fraction of sp³-hybridized carbons (Fsp3) is 0.270. The number of fused-ring (bicyclic) bond motifs is 17. The first-order valence-electron chi connectivity index (χ1n) is 28.5. The molecule has 0 aliphatic carbocycles. The second kappa shape index (κ2) is 16.0. The number of aromatic nitrogens is 2. The van der Waals surface area contributed by atoms with Gasteiger partial charge in [0, 0.05) is 49.8 Å². The zero-order valence-corrected chi connectivity index (χ0v) is 48.5. The number of hydrogen-bond acceptors (Lipinski definition) is 1. The molecule has 0 fully saturated rings. The standard InChI is InChI=1S/C74H72BN3/c1-70(2,3)43-24-30-48(31-25-43)76(49-32-26-44(27-33-49)71(4,5)6)50-40-63-66-64(41-50)78-62-39-46(73(10,11)12)28-34-54(62)59-42-57-53-22-17-16-20-51(53)52-21-18-19-23-55(52)65(57)67(69(59)78)75(66)60-38-47(74(13,14)15)37-58-56-36-45(72(7,8)9)29-35-61(56)77(63)68(58)60/h16-42H,1-15H3. The van der Waals surface area contributed by atoms with Crippen LogP contribution >= 0.6 is 0 Å². The monoisotopic (exact) mass is 1010 g/mol. The zero-order chi connectivity index (χ0) is 54.5. The molecule has 3 nitrogen and oxygen atoms in total. The lowest BCUT2D eigenvalue weighted by molar-refractivity contribution is 0.590. The highest BCUT2D eigenvalue weighted by Gasteiger charge is 2.44. The minimum Gasteiger partial charge on any atom is -0.310 e. The molecule has 0 atom stereocenters. The van der Waals surface area contributed by atoms with Crippen LogP contribution in [0.25, 0.3) is 87.3 Å². The summed E-state index contributed by atoms with van der Waals surface area (Å²) < 4.78 is 5.41. The van der Waals surface area contributed by atoms with Gasteiger partial charge in [0.1, 0.15) is 0 Å². The summed E-state index contributed by atoms with van der Waals surface area (Å²) in [6, 6.07) is 64.8. The second-order valence-electron chi connectivity index (χ2n) is 28.3. The van der Waals surface area contributed by atoms with Crippen LogP contribution in [0.3, 0.4) is 0 Å². The molecular formula is C74H72BN3. The van der Waals surface area contributed by atoms with Gasteiger partial charge in [-0.3, -0.25) is 0 Å². The fourth-order valence-electron chi connectivity index (χ4n) is 13.7. The van der Waals surface area contributed by atoms with E-state index in [1.165, 1.54) is 132 Å². The number of nitrogens with zero attached hydrogens (tertiary/aromatic N) is 3. The number of benzene rings is 10. The Morgan fingerprint density at radius 2 is 0.756 bits per heavy atom. The van der Waals surface area contributed by atoms with Crippen LogP contribution in [0.15, 0.2) is 164 Å². The molecule has 0 N–H and O–H groups in total. The van der Waals surface area contributed by atoms with Gasteiger partial charge in [0.25, 0.3) is 6.71 Å². The maximum atomic E-state index is 2.72. The van der Waals surface area contributed by atoms with E-state index in [1.807, 2.05) is 0 Å². The average molecular weight is 1010 g/mol. The maximum Gasteiger partial charge on any atom is 0.253 e. The van der Waals surface area contributed by atoms with Gasteiger partial charge >= 0.3 is 0 Å². The normalized spacial score (nSPS) is 13.8. The lowest BCUT2D eigenvalue weighted by Crippen LogP contribution is -2.60. The summed E-state index contributed by atoms with van der Waals surface area (Å²) in [5.41, 5.74) is 21.7. The van der Waals surface area contributed by atoms with Gasteiger partial charge in [0.05, 0.1) is 22.2 Å². The molecule has 2 aliphatic heterocycles. The smallest absolute Gasteiger partial charge is 0.253 e. The van der Waals surface area contributed by atoms with Crippen LogP contribution in [-0.2, 0) is 27.1 Å². The van der Waals surface area contributed by atoms with E-state index >= 15 is 0 Å². The Labute approximate surface area is 461 Å². The predicted molar refractivity (Wildman–Crippen MR) is 340 cm³/mol. The van der Waals surface area contributed by atoms with Crippen LogP contribution in [0, 0.1) is 0 Å². The Morgan fingerprint density at radius 1 is 0.308 bits per heavy atom. The molecular weight excluding hydrogens is 942 g/mol. The van der Waals surface area contributed by atoms with Crippen molar-refractivity contribution >= 4 is 116 Å². The Morgan fingerprint density at radius 3 is 1.31 bits per heavy atom. The van der Waals surface area contributed by atoms with Crippen LogP contribution in [-0.4, -0.2) is 15.8 Å². The van der Waals surface area contributed by atoms with Gasteiger partial charge in [-0.2, -0.15) is 0 Å². The molecule has 14 rings (SSSR count). The third-order valence-corrected chi connectivity index (χ3v) is 18.0. The Bertz CT molecular complexity index is 4490. The largest absolute Gasteiger partial charge is 0.310 e. The lowest BCUT2D eigenvalue weighted by atomic mass is 9.33. The Hall–Kier alpha value is -7.56. The Kier molecular flexibility index (Phi) is 10.0. The summed E-state index contributed by atoms with van der Waals surface area (Å²) in [5, 5.41) is 13.1. The van der Waals surface area contributed by atoms with E-state index in [-0.39, 0.29) is 33.8 Å². The van der Waals surface area contributed by atoms with Crippen molar-refractivity contribution in [1.29, 1.82) is 0 Å². The molecule has 2 aromatic heterocycles. The van der Waals surface area contributed by atoms with Gasteiger partial charge in [0.15, 0.2) is 0 Å². The highest BCUT2D eigenvalue weighted by atomic mass is 15.2. The molecule has 0 saturated carbocycles. The lowest BCUT2D eigenvalue weighted by Gasteiger charge is -2.37. The molecule has 10 aromatic carbocycles. The molecule has 4 heterocycles. The summed E-state index contributed by atoms with van der Waals surface area (Å²) in [4.78, 5) is 2.53. The summed E-state index contributed by atoms with van der Waals surface area (Å²) in [6.07, 6.45) is 0. The first kappa shape index (κ1) is 48.8. The van der Waals surface area contributed by atoms with Crippen molar-refractivity contribution in [3.05, 3.63) is 192 Å². The molecule has 4 heteroatoms. The van der Waals surface area contributed by atoms with Gasteiger partial charge in [0.2, 0.25) is 0 Å². The second-order valence-corrected chi connectivity index (χ2v) is 28.3. The quantitative estimate of drug-likeness (QED) is 0.127. The SMILES string of the molecule is CC(C)(C)c1ccc(N(c2ccc(C(C)(C)C)cc2)c2cc3c4c(c2)-n2c5cc(C(C)(C)C)ccc5c5cc6c7ccccc7c7ccccc7c6c(c52)B4c2cc(C(C)(C)C)cc4c5cc(C(C)(C)C)ccc5n-3c24)cc1. The number of rotatable bonds is 3. The topological polar surface area (TPSA) is 13.1 Å². The molecule has 0 unspecified atom stereocenters. The molecule has 0 saturated heterocycles. The van der Waals surface area contributed by atoms with Gasteiger partial charge in [-0.25, -0.2) is 0 Å². The van der Waals surface area contributed by atoms with E-state index in [9.17, 15) is 0 Å². The first-order valence-corrected chi connectivity index (χ1v) is 28.5. The van der Waals surface area contributed by atoms with Gasteiger partial charge < -0.3 is 14.0 Å². The van der Waals surface area contributed by atoms with Crippen molar-refractivity contribution in [3.8, 4) is 11.4 Å². The molecule has 12 aromatic rings. The third-order valence-electron chi connectivity index (χ3n) is 18.0. The van der Waals surface area contributed by atoms with Crippen LogP contribution < -0.4 is 21.3 Å². The summed E-state index contributed by atoms with van der Waals surface area (Å²) in [5.74, 6) is 0. The van der Waals surface area contributed by atoms with Crippen molar-refractivity contribution in [3.63, 3.8) is 0 Å². The minimum atomic E-state index is -0.108. The predicted octanol–water partition coefficient (Wildman–Crippen LogP) is 18.4. The number of anilines is 3. The van der Waals surface area contributed by atoms with Crippen molar-refractivity contribution in [2.45, 2.75) is 131 Å². The molecule has 0 radical (unpaired) electrons. The van der Waals surface area contributed by atoms with Crippen LogP contribution in [0.1, 0.15) is 132 Å². The van der Waals surface area contributed by atoms with Crippen LogP contribution in [0.4, 0.5) is 17.1 Å². The van der Waals surface area contributed by atoms with Crippen molar-refractivity contribution < 1.29 is 0 Å². The van der Waals surface area contributed by atoms with E-state index in [0.717, 1.165) is 17.1 Å². The van der Waals surface area contributed by atoms with Gasteiger partial charge in [-0.15, -0.1) is 0 Å². The molecule has 386 valence electrons. The van der Waals surface area contributed by atoms with Crippen molar-refractivity contribution in [2.75, 3.05) is 4.90 Å². The third kappa shape index (κ3) is 7.03. The van der Waals surface area contributed by atoms with Crippen LogP contribution in [0.2, 0.25) is 0 Å². The van der Waals surface area contributed by atoms with Gasteiger partial charge in [-0.05, 0) is 170 Å². The first-order chi connectivity index (χ1) is 36.9. The van der Waals surface area contributed by atoms with E-state index in [0.29, 0.717) is 0 Å². The van der Waals surface area contributed by atoms with E-state index in [4.69, 9.17) is 0 Å². The summed E-state index contributed by atoms with van der Waals surface area (Å²) in [7, 11) is 0. The maximum absolute atomic E-state index is 2.72. The summed E-state index contributed by atoms with van der Waals surface area (Å²) >= 11 is 0. The average Bonchev–Trinajstić information content (AvgIpc) is 2.15. The minimum absolute atomic E-state index is 0.0125. The van der Waals surface area contributed by atoms with E-state index in [2.05, 4.69) is 282 Å². The molecule has 0 amide bonds. The van der Waals surface area contributed by atoms with Crippen LogP contribution in [0.5, 0.6) is 0 Å². The van der Waals surface area contributed by atoms with Crippen molar-refractivity contribution in [2.24, 2.45) is 0 Å². The molecule has 2 aliphatic rings. The highest BCUT2D eigenvalue weighted by molar-refractivity contribution is 7.02. The van der Waals surface area contributed by atoms with Gasteiger partial charge in [-0.1, -0.05) is 201 Å². The highest BCUT2D eigenvalue weighted by Crippen LogP contribution is 2.48. The number of hydrogen-bond donors (Lipinski definition) is 0. The molecule has 78 heavy (non-hydrogen) atoms. The molecule has 0 bridgehead atoms. The zero-order valence-electron chi connectivity index (χ0n) is 48.5. The fourth-order valence-corrected chi connectivity index (χ4v) is 13.7. The summed E-state index contributed by atoms with van der Waals surface area (Å²) in [6.45, 7) is 35.1.